The zero-order chi connectivity index (χ0) is 13.6. The topological polar surface area (TPSA) is 52.5 Å². The summed E-state index contributed by atoms with van der Waals surface area (Å²) in [6.07, 6.45) is 12.8. The van der Waals surface area contributed by atoms with Crippen LogP contribution in [0, 0.1) is 0 Å². The number of aliphatic hydroxyl groups excluding tert-OH is 1. The van der Waals surface area contributed by atoms with Gasteiger partial charge >= 0.3 is 0 Å². The Kier molecular flexibility index (Phi) is 18.3. The molecule has 0 aliphatic rings. The first kappa shape index (κ1) is 21.5. The molecule has 0 aliphatic heterocycles. The van der Waals surface area contributed by atoms with Crippen LogP contribution in [0.1, 0.15) is 77.6 Å². The fourth-order valence-electron chi connectivity index (χ4n) is 2.29. The van der Waals surface area contributed by atoms with Gasteiger partial charge in [-0.1, -0.05) is 71.1 Å². The van der Waals surface area contributed by atoms with Crippen LogP contribution in [-0.2, 0) is 0 Å². The maximum atomic E-state index is 9.05. The van der Waals surface area contributed by atoms with Gasteiger partial charge in [-0.25, -0.2) is 0 Å². The first-order valence-electron chi connectivity index (χ1n) is 7.75. The lowest BCUT2D eigenvalue weighted by atomic mass is 10.0. The number of nitrogens with one attached hydrogen (secondary N) is 1. The van der Waals surface area contributed by atoms with E-state index in [9.17, 15) is 0 Å². The number of unbranched alkanes of at least 4 members (excludes halogenated alkanes) is 9. The summed E-state index contributed by atoms with van der Waals surface area (Å²) in [6.45, 7) is 2.25. The third-order valence-corrected chi connectivity index (χ3v) is 3.60. The van der Waals surface area contributed by atoms with Gasteiger partial charge in [0.25, 0.3) is 0 Å². The highest BCUT2D eigenvalue weighted by molar-refractivity contribution is 5.85. The maximum absolute atomic E-state index is 9.05. The monoisotopic (exact) mass is 295 g/mol. The first-order chi connectivity index (χ1) is 8.72. The lowest BCUT2D eigenvalue weighted by molar-refractivity contribution is -0.0674. The summed E-state index contributed by atoms with van der Waals surface area (Å²) in [6, 6.07) is -0.168. The zero-order valence-corrected chi connectivity index (χ0v) is 13.6. The molecular formula is C15H34ClNO2. The molecule has 0 heterocycles. The van der Waals surface area contributed by atoms with Gasteiger partial charge < -0.3 is 15.5 Å². The third kappa shape index (κ3) is 14.4. The Hall–Kier alpha value is 0.170. The minimum Gasteiger partial charge on any atom is -0.367 e. The first-order valence-corrected chi connectivity index (χ1v) is 7.75. The van der Waals surface area contributed by atoms with Gasteiger partial charge in [0.15, 0.2) is 6.29 Å². The van der Waals surface area contributed by atoms with E-state index in [0.29, 0.717) is 0 Å². The SMILES string of the molecule is CCCCCCCCCCCCC(NC)C(O)O.Cl. The third-order valence-electron chi connectivity index (χ3n) is 3.60. The predicted octanol–water partition coefficient (Wildman–Crippen LogP) is 3.62. The van der Waals surface area contributed by atoms with Crippen LogP contribution in [0.15, 0.2) is 0 Å². The minimum absolute atomic E-state index is 0. The Morgan fingerprint density at radius 1 is 0.789 bits per heavy atom. The molecule has 0 aromatic rings. The molecule has 0 rings (SSSR count). The lowest BCUT2D eigenvalue weighted by Gasteiger charge is -2.17. The highest BCUT2D eigenvalue weighted by atomic mass is 35.5. The van der Waals surface area contributed by atoms with Crippen molar-refractivity contribution in [3.05, 3.63) is 0 Å². The Bertz CT molecular complexity index is 168. The van der Waals surface area contributed by atoms with Crippen LogP contribution in [0.3, 0.4) is 0 Å². The van der Waals surface area contributed by atoms with Crippen LogP contribution in [0.25, 0.3) is 0 Å². The highest BCUT2D eigenvalue weighted by Crippen LogP contribution is 2.12. The molecule has 1 unspecified atom stereocenters. The summed E-state index contributed by atoms with van der Waals surface area (Å²) in [7, 11) is 1.78. The number of hydrogen-bond donors (Lipinski definition) is 3. The van der Waals surface area contributed by atoms with Crippen molar-refractivity contribution in [1.29, 1.82) is 0 Å². The van der Waals surface area contributed by atoms with Crippen LogP contribution in [0.2, 0.25) is 0 Å². The summed E-state index contributed by atoms with van der Waals surface area (Å²) >= 11 is 0. The van der Waals surface area contributed by atoms with Gasteiger partial charge in [0.2, 0.25) is 0 Å². The van der Waals surface area contributed by atoms with E-state index in [4.69, 9.17) is 10.2 Å². The summed E-state index contributed by atoms with van der Waals surface area (Å²) < 4.78 is 0. The van der Waals surface area contributed by atoms with Crippen molar-refractivity contribution in [2.24, 2.45) is 0 Å². The van der Waals surface area contributed by atoms with E-state index in [1.54, 1.807) is 7.05 Å². The smallest absolute Gasteiger partial charge is 0.167 e. The molecular weight excluding hydrogens is 262 g/mol. The van der Waals surface area contributed by atoms with E-state index in [-0.39, 0.29) is 18.4 Å². The molecule has 0 spiro atoms. The summed E-state index contributed by atoms with van der Waals surface area (Å²) in [5.74, 6) is 0. The molecule has 3 N–H and O–H groups in total. The van der Waals surface area contributed by atoms with Crippen LogP contribution in [0.4, 0.5) is 0 Å². The fraction of sp³-hybridized carbons (Fsp3) is 1.00. The number of aliphatic hydroxyl groups is 2. The standard InChI is InChI=1S/C15H33NO2.ClH/c1-3-4-5-6-7-8-9-10-11-12-13-14(16-2)15(17)18;/h14-18H,3-13H2,1-2H3;1H. The molecule has 19 heavy (non-hydrogen) atoms. The van der Waals surface area contributed by atoms with Crippen LogP contribution < -0.4 is 5.32 Å². The van der Waals surface area contributed by atoms with Crippen LogP contribution in [0.5, 0.6) is 0 Å². The molecule has 0 saturated heterocycles. The molecule has 0 bridgehead atoms. The van der Waals surface area contributed by atoms with E-state index < -0.39 is 6.29 Å². The van der Waals surface area contributed by atoms with Crippen LogP contribution in [-0.4, -0.2) is 29.6 Å². The zero-order valence-electron chi connectivity index (χ0n) is 12.7. The molecule has 0 radical (unpaired) electrons. The second kappa shape index (κ2) is 16.2. The second-order valence-corrected chi connectivity index (χ2v) is 5.28. The second-order valence-electron chi connectivity index (χ2n) is 5.28. The quantitative estimate of drug-likeness (QED) is 0.359. The van der Waals surface area contributed by atoms with Crippen molar-refractivity contribution in [3.63, 3.8) is 0 Å². The van der Waals surface area contributed by atoms with Gasteiger partial charge in [-0.05, 0) is 13.5 Å². The van der Waals surface area contributed by atoms with Crippen molar-refractivity contribution < 1.29 is 10.2 Å². The molecule has 1 atom stereocenters. The number of hydrogen-bond acceptors (Lipinski definition) is 3. The largest absolute Gasteiger partial charge is 0.367 e. The van der Waals surface area contributed by atoms with Gasteiger partial charge in [0.05, 0.1) is 6.04 Å². The lowest BCUT2D eigenvalue weighted by Crippen LogP contribution is -2.37. The predicted molar refractivity (Wildman–Crippen MR) is 84.8 cm³/mol. The molecule has 118 valence electrons. The van der Waals surface area contributed by atoms with Gasteiger partial charge in [0.1, 0.15) is 0 Å². The van der Waals surface area contributed by atoms with Crippen molar-refractivity contribution in [1.82, 2.24) is 5.32 Å². The summed E-state index contributed by atoms with van der Waals surface area (Å²) in [5.41, 5.74) is 0. The number of likely N-dealkylation sites (N-methyl/N-ethyl adjacent to an activating group) is 1. The average molecular weight is 296 g/mol. The molecule has 0 saturated carbocycles. The Morgan fingerprint density at radius 3 is 1.58 bits per heavy atom. The van der Waals surface area contributed by atoms with Crippen molar-refractivity contribution >= 4 is 12.4 Å². The van der Waals surface area contributed by atoms with E-state index in [1.807, 2.05) is 0 Å². The summed E-state index contributed by atoms with van der Waals surface area (Å²) in [4.78, 5) is 0. The Labute approximate surface area is 125 Å². The maximum Gasteiger partial charge on any atom is 0.167 e. The van der Waals surface area contributed by atoms with E-state index in [0.717, 1.165) is 12.8 Å². The Balaban J connectivity index is 0. The van der Waals surface area contributed by atoms with Crippen molar-refractivity contribution in [2.75, 3.05) is 7.05 Å². The van der Waals surface area contributed by atoms with E-state index >= 15 is 0 Å². The van der Waals surface area contributed by atoms with Crippen LogP contribution >= 0.6 is 12.4 Å². The molecule has 0 aromatic carbocycles. The van der Waals surface area contributed by atoms with Gasteiger partial charge in [-0.2, -0.15) is 0 Å². The Morgan fingerprint density at radius 2 is 1.21 bits per heavy atom. The molecule has 0 amide bonds. The fourth-order valence-corrected chi connectivity index (χ4v) is 2.29. The van der Waals surface area contributed by atoms with E-state index in [2.05, 4.69) is 12.2 Å². The van der Waals surface area contributed by atoms with Gasteiger partial charge in [-0.15, -0.1) is 12.4 Å². The molecule has 0 aromatic heterocycles. The molecule has 0 fully saturated rings. The molecule has 3 nitrogen and oxygen atoms in total. The van der Waals surface area contributed by atoms with Crippen molar-refractivity contribution in [2.45, 2.75) is 89.9 Å². The average Bonchev–Trinajstić information content (AvgIpc) is 2.35. The van der Waals surface area contributed by atoms with Gasteiger partial charge in [-0.3, -0.25) is 0 Å². The minimum atomic E-state index is -1.23. The highest BCUT2D eigenvalue weighted by Gasteiger charge is 2.12. The molecule has 4 heteroatoms. The van der Waals surface area contributed by atoms with Crippen molar-refractivity contribution in [3.8, 4) is 0 Å². The van der Waals surface area contributed by atoms with Gasteiger partial charge in [0, 0.05) is 0 Å². The number of rotatable bonds is 13. The number of halogens is 1. The normalized spacial score (nSPS) is 12.5. The molecule has 0 aliphatic carbocycles. The van der Waals surface area contributed by atoms with E-state index in [1.165, 1.54) is 57.8 Å². The summed E-state index contributed by atoms with van der Waals surface area (Å²) in [5, 5.41) is 21.0.